The summed E-state index contributed by atoms with van der Waals surface area (Å²) in [6.45, 7) is 12.9. The normalized spacial score (nSPS) is 14.5. The largest absolute Gasteiger partial charge is 0.491 e. The molecule has 1 rings (SSSR count). The van der Waals surface area contributed by atoms with Gasteiger partial charge >= 0.3 is 0 Å². The SMILES string of the molecule is CCC(C)N(C)CCNC(C)c1ccc(OC(C)C)cc1. The van der Waals surface area contributed by atoms with Crippen LogP contribution >= 0.6 is 0 Å². The van der Waals surface area contributed by atoms with Gasteiger partial charge in [-0.3, -0.25) is 0 Å². The standard InChI is InChI=1S/C18H32N2O/c1-7-15(4)20(6)13-12-19-16(5)17-8-10-18(11-9-17)21-14(2)3/h8-11,14-16,19H,7,12-13H2,1-6H3. The molecular formula is C18H32N2O. The highest BCUT2D eigenvalue weighted by Crippen LogP contribution is 2.18. The maximum absolute atomic E-state index is 5.67. The number of nitrogens with zero attached hydrogens (tertiary/aromatic N) is 1. The zero-order valence-electron chi connectivity index (χ0n) is 14.5. The quantitative estimate of drug-likeness (QED) is 0.748. The van der Waals surface area contributed by atoms with Crippen molar-refractivity contribution < 1.29 is 4.74 Å². The van der Waals surface area contributed by atoms with Crippen LogP contribution in [-0.4, -0.2) is 37.2 Å². The highest BCUT2D eigenvalue weighted by atomic mass is 16.5. The molecule has 0 radical (unpaired) electrons. The smallest absolute Gasteiger partial charge is 0.119 e. The summed E-state index contributed by atoms with van der Waals surface area (Å²) in [4.78, 5) is 2.40. The van der Waals surface area contributed by atoms with Crippen molar-refractivity contribution in [1.82, 2.24) is 10.2 Å². The van der Waals surface area contributed by atoms with Gasteiger partial charge in [0.2, 0.25) is 0 Å². The zero-order valence-corrected chi connectivity index (χ0v) is 14.5. The summed E-state index contributed by atoms with van der Waals surface area (Å²) in [5, 5.41) is 3.59. The highest BCUT2D eigenvalue weighted by molar-refractivity contribution is 5.29. The van der Waals surface area contributed by atoms with Crippen LogP contribution in [0.5, 0.6) is 5.75 Å². The minimum absolute atomic E-state index is 0.225. The Morgan fingerprint density at radius 2 is 1.71 bits per heavy atom. The van der Waals surface area contributed by atoms with Crippen LogP contribution in [0.15, 0.2) is 24.3 Å². The Kier molecular flexibility index (Phi) is 7.76. The molecule has 0 bridgehead atoms. The second kappa shape index (κ2) is 9.06. The topological polar surface area (TPSA) is 24.5 Å². The van der Waals surface area contributed by atoms with Crippen LogP contribution in [0.4, 0.5) is 0 Å². The van der Waals surface area contributed by atoms with Crippen molar-refractivity contribution in [3.63, 3.8) is 0 Å². The van der Waals surface area contributed by atoms with Crippen molar-refractivity contribution in [2.24, 2.45) is 0 Å². The van der Waals surface area contributed by atoms with Crippen LogP contribution in [-0.2, 0) is 0 Å². The van der Waals surface area contributed by atoms with Crippen molar-refractivity contribution in [3.05, 3.63) is 29.8 Å². The van der Waals surface area contributed by atoms with Gasteiger partial charge in [-0.05, 0) is 58.9 Å². The lowest BCUT2D eigenvalue weighted by molar-refractivity contribution is 0.242. The summed E-state index contributed by atoms with van der Waals surface area (Å²) in [5.74, 6) is 0.942. The Morgan fingerprint density at radius 1 is 1.10 bits per heavy atom. The average molecular weight is 292 g/mol. The highest BCUT2D eigenvalue weighted by Gasteiger charge is 2.08. The van der Waals surface area contributed by atoms with Crippen molar-refractivity contribution in [1.29, 1.82) is 0 Å². The molecule has 3 heteroatoms. The van der Waals surface area contributed by atoms with Gasteiger partial charge in [0.1, 0.15) is 5.75 Å². The molecule has 2 unspecified atom stereocenters. The van der Waals surface area contributed by atoms with E-state index < -0.39 is 0 Å². The van der Waals surface area contributed by atoms with Crippen LogP contribution in [0.1, 0.15) is 52.6 Å². The number of nitrogens with one attached hydrogen (secondary N) is 1. The van der Waals surface area contributed by atoms with Gasteiger partial charge in [-0.2, -0.15) is 0 Å². The predicted octanol–water partition coefficient (Wildman–Crippen LogP) is 3.85. The zero-order chi connectivity index (χ0) is 15.8. The second-order valence-electron chi connectivity index (χ2n) is 6.15. The lowest BCUT2D eigenvalue weighted by atomic mass is 10.1. The van der Waals surface area contributed by atoms with Crippen molar-refractivity contribution in [2.45, 2.75) is 59.2 Å². The van der Waals surface area contributed by atoms with Gasteiger partial charge < -0.3 is 15.0 Å². The number of likely N-dealkylation sites (N-methyl/N-ethyl adjacent to an activating group) is 1. The molecule has 0 aliphatic heterocycles. The molecule has 0 aromatic heterocycles. The molecule has 3 nitrogen and oxygen atoms in total. The lowest BCUT2D eigenvalue weighted by Crippen LogP contribution is -2.35. The van der Waals surface area contributed by atoms with Gasteiger partial charge in [0.25, 0.3) is 0 Å². The molecule has 1 aromatic carbocycles. The Bertz CT molecular complexity index is 389. The third-order valence-corrected chi connectivity index (χ3v) is 4.01. The van der Waals surface area contributed by atoms with Crippen LogP contribution < -0.4 is 10.1 Å². The van der Waals surface area contributed by atoms with Crippen LogP contribution in [0, 0.1) is 0 Å². The van der Waals surface area contributed by atoms with E-state index in [2.05, 4.69) is 62.3 Å². The first-order valence-corrected chi connectivity index (χ1v) is 8.14. The van der Waals surface area contributed by atoms with Gasteiger partial charge in [0.05, 0.1) is 6.10 Å². The fraction of sp³-hybridized carbons (Fsp3) is 0.667. The number of ether oxygens (including phenoxy) is 1. The van der Waals surface area contributed by atoms with Crippen molar-refractivity contribution in [3.8, 4) is 5.75 Å². The van der Waals surface area contributed by atoms with Gasteiger partial charge in [-0.25, -0.2) is 0 Å². The maximum atomic E-state index is 5.67. The van der Waals surface area contributed by atoms with Crippen LogP contribution in [0.2, 0.25) is 0 Å². The first kappa shape index (κ1) is 18.0. The molecular weight excluding hydrogens is 260 g/mol. The molecule has 1 aromatic rings. The van der Waals surface area contributed by atoms with E-state index in [1.54, 1.807) is 0 Å². The van der Waals surface area contributed by atoms with E-state index in [-0.39, 0.29) is 6.10 Å². The van der Waals surface area contributed by atoms with Crippen LogP contribution in [0.3, 0.4) is 0 Å². The molecule has 0 heterocycles. The number of hydrogen-bond donors (Lipinski definition) is 1. The summed E-state index contributed by atoms with van der Waals surface area (Å²) in [6, 6.07) is 9.41. The van der Waals surface area contributed by atoms with Gasteiger partial charge in [-0.15, -0.1) is 0 Å². The first-order chi connectivity index (χ1) is 9.93. The van der Waals surface area contributed by atoms with Gasteiger partial charge in [-0.1, -0.05) is 19.1 Å². The average Bonchev–Trinajstić information content (AvgIpc) is 2.46. The summed E-state index contributed by atoms with van der Waals surface area (Å²) >= 11 is 0. The molecule has 0 fully saturated rings. The third-order valence-electron chi connectivity index (χ3n) is 4.01. The summed E-state index contributed by atoms with van der Waals surface area (Å²) in [6.07, 6.45) is 1.42. The second-order valence-corrected chi connectivity index (χ2v) is 6.15. The monoisotopic (exact) mass is 292 g/mol. The summed E-state index contributed by atoms with van der Waals surface area (Å²) < 4.78 is 5.67. The van der Waals surface area contributed by atoms with E-state index in [0.717, 1.165) is 18.8 Å². The minimum atomic E-state index is 0.225. The predicted molar refractivity (Wildman–Crippen MR) is 91.0 cm³/mol. The number of rotatable bonds is 9. The van der Waals surface area contributed by atoms with E-state index in [9.17, 15) is 0 Å². The van der Waals surface area contributed by atoms with E-state index in [4.69, 9.17) is 4.74 Å². The molecule has 2 atom stereocenters. The lowest BCUT2D eigenvalue weighted by Gasteiger charge is -2.24. The molecule has 0 spiro atoms. The Balaban J connectivity index is 2.39. The van der Waals surface area contributed by atoms with Gasteiger partial charge in [0, 0.05) is 25.2 Å². The molecule has 0 aliphatic carbocycles. The molecule has 0 saturated heterocycles. The Labute approximate surface area is 130 Å². The van der Waals surface area contributed by atoms with E-state index >= 15 is 0 Å². The molecule has 1 N–H and O–H groups in total. The van der Waals surface area contributed by atoms with E-state index in [1.165, 1.54) is 12.0 Å². The molecule has 0 saturated carbocycles. The Morgan fingerprint density at radius 3 is 2.24 bits per heavy atom. The maximum Gasteiger partial charge on any atom is 0.119 e. The number of benzene rings is 1. The fourth-order valence-electron chi connectivity index (χ4n) is 2.21. The van der Waals surface area contributed by atoms with E-state index in [0.29, 0.717) is 12.1 Å². The van der Waals surface area contributed by atoms with E-state index in [1.807, 2.05) is 13.8 Å². The van der Waals surface area contributed by atoms with Gasteiger partial charge in [0.15, 0.2) is 0 Å². The molecule has 0 amide bonds. The Hall–Kier alpha value is -1.06. The minimum Gasteiger partial charge on any atom is -0.491 e. The van der Waals surface area contributed by atoms with Crippen LogP contribution in [0.25, 0.3) is 0 Å². The summed E-state index contributed by atoms with van der Waals surface area (Å²) in [5.41, 5.74) is 1.30. The summed E-state index contributed by atoms with van der Waals surface area (Å²) in [7, 11) is 2.19. The fourth-order valence-corrected chi connectivity index (χ4v) is 2.21. The van der Waals surface area contributed by atoms with Crippen molar-refractivity contribution in [2.75, 3.05) is 20.1 Å². The number of hydrogen-bond acceptors (Lipinski definition) is 3. The molecule has 21 heavy (non-hydrogen) atoms. The molecule has 0 aliphatic rings. The first-order valence-electron chi connectivity index (χ1n) is 8.14. The van der Waals surface area contributed by atoms with Crippen molar-refractivity contribution >= 4 is 0 Å². The molecule has 120 valence electrons. The third kappa shape index (κ3) is 6.49.